The largest absolute Gasteiger partial charge is 0.207 e. The number of benzene rings is 1. The molecular formula is C12H13BrF2. The summed E-state index contributed by atoms with van der Waals surface area (Å²) >= 11 is 3.54. The Hall–Kier alpha value is -0.440. The first kappa shape index (κ1) is 11.1. The molecule has 0 saturated heterocycles. The fourth-order valence-electron chi connectivity index (χ4n) is 1.93. The molecule has 0 heterocycles. The monoisotopic (exact) mass is 274 g/mol. The standard InChI is InChI=1S/C12H13BrF2/c1-8(13)12(4-5-12)7-9-6-10(14)2-3-11(9)15/h2-3,6,8H,4-5,7H2,1H3. The Kier molecular flexibility index (Phi) is 2.84. The van der Waals surface area contributed by atoms with Crippen LogP contribution in [0.15, 0.2) is 18.2 Å². The maximum atomic E-state index is 13.4. The van der Waals surface area contributed by atoms with Gasteiger partial charge in [0, 0.05) is 4.83 Å². The Bertz CT molecular complexity index is 370. The lowest BCUT2D eigenvalue weighted by Crippen LogP contribution is -2.16. The van der Waals surface area contributed by atoms with Crippen LogP contribution in [0.1, 0.15) is 25.3 Å². The van der Waals surface area contributed by atoms with E-state index in [2.05, 4.69) is 22.9 Å². The first-order valence-electron chi connectivity index (χ1n) is 5.11. The van der Waals surface area contributed by atoms with E-state index in [1.54, 1.807) is 0 Å². The van der Waals surface area contributed by atoms with Gasteiger partial charge in [0.25, 0.3) is 0 Å². The molecule has 1 atom stereocenters. The lowest BCUT2D eigenvalue weighted by Gasteiger charge is -2.18. The van der Waals surface area contributed by atoms with Gasteiger partial charge in [0.1, 0.15) is 11.6 Å². The van der Waals surface area contributed by atoms with E-state index in [9.17, 15) is 8.78 Å². The first-order valence-corrected chi connectivity index (χ1v) is 6.03. The molecule has 0 N–H and O–H groups in total. The Morgan fingerprint density at radius 3 is 2.60 bits per heavy atom. The van der Waals surface area contributed by atoms with Crippen molar-refractivity contribution in [2.45, 2.75) is 31.0 Å². The van der Waals surface area contributed by atoms with Crippen molar-refractivity contribution in [2.24, 2.45) is 5.41 Å². The highest BCUT2D eigenvalue weighted by Crippen LogP contribution is 2.53. The van der Waals surface area contributed by atoms with Crippen molar-refractivity contribution in [2.75, 3.05) is 0 Å². The highest BCUT2D eigenvalue weighted by atomic mass is 79.9. The summed E-state index contributed by atoms with van der Waals surface area (Å²) in [6.07, 6.45) is 2.81. The van der Waals surface area contributed by atoms with Crippen molar-refractivity contribution < 1.29 is 8.78 Å². The number of hydrogen-bond donors (Lipinski definition) is 0. The lowest BCUT2D eigenvalue weighted by atomic mass is 9.93. The summed E-state index contributed by atoms with van der Waals surface area (Å²) in [5.41, 5.74) is 0.646. The van der Waals surface area contributed by atoms with E-state index in [1.165, 1.54) is 12.1 Å². The molecule has 1 aliphatic carbocycles. The minimum atomic E-state index is -0.357. The molecule has 1 fully saturated rings. The summed E-state index contributed by atoms with van der Waals surface area (Å²) in [4.78, 5) is 0.354. The van der Waals surface area contributed by atoms with E-state index in [0.717, 1.165) is 18.9 Å². The molecule has 82 valence electrons. The third kappa shape index (κ3) is 2.22. The second-order valence-electron chi connectivity index (χ2n) is 4.39. The van der Waals surface area contributed by atoms with Crippen LogP contribution in [-0.2, 0) is 6.42 Å². The maximum absolute atomic E-state index is 13.4. The summed E-state index contributed by atoms with van der Waals surface area (Å²) in [7, 11) is 0. The van der Waals surface area contributed by atoms with E-state index < -0.39 is 0 Å². The number of halogens is 3. The van der Waals surface area contributed by atoms with Crippen molar-refractivity contribution in [1.82, 2.24) is 0 Å². The second-order valence-corrected chi connectivity index (χ2v) is 5.76. The van der Waals surface area contributed by atoms with Crippen molar-refractivity contribution in [3.8, 4) is 0 Å². The predicted octanol–water partition coefficient (Wildman–Crippen LogP) is 4.07. The summed E-state index contributed by atoms with van der Waals surface area (Å²) in [6.45, 7) is 2.07. The molecule has 15 heavy (non-hydrogen) atoms. The normalized spacial score (nSPS) is 20.0. The molecule has 0 radical (unpaired) electrons. The average Bonchev–Trinajstić information content (AvgIpc) is 2.92. The Labute approximate surface area is 96.8 Å². The molecule has 2 rings (SSSR count). The van der Waals surface area contributed by atoms with E-state index in [4.69, 9.17) is 0 Å². The summed E-state index contributed by atoms with van der Waals surface area (Å²) in [5, 5.41) is 0. The topological polar surface area (TPSA) is 0 Å². The molecule has 1 aliphatic rings. The molecule has 0 amide bonds. The molecule has 0 bridgehead atoms. The zero-order valence-electron chi connectivity index (χ0n) is 8.56. The summed E-state index contributed by atoms with van der Waals surface area (Å²) in [6, 6.07) is 3.68. The molecular weight excluding hydrogens is 262 g/mol. The van der Waals surface area contributed by atoms with Gasteiger partial charge in [-0.25, -0.2) is 8.78 Å². The van der Waals surface area contributed by atoms with Crippen molar-refractivity contribution in [3.63, 3.8) is 0 Å². The smallest absolute Gasteiger partial charge is 0.126 e. The van der Waals surface area contributed by atoms with Crippen molar-refractivity contribution >= 4 is 15.9 Å². The molecule has 0 nitrogen and oxygen atoms in total. The highest BCUT2D eigenvalue weighted by Gasteiger charge is 2.46. The van der Waals surface area contributed by atoms with Crippen LogP contribution in [0, 0.1) is 17.0 Å². The van der Waals surface area contributed by atoms with Crippen LogP contribution < -0.4 is 0 Å². The Morgan fingerprint density at radius 2 is 2.07 bits per heavy atom. The van der Waals surface area contributed by atoms with Gasteiger partial charge in [-0.2, -0.15) is 0 Å². The van der Waals surface area contributed by atoms with E-state index in [1.807, 2.05) is 0 Å². The van der Waals surface area contributed by atoms with Gasteiger partial charge in [-0.15, -0.1) is 0 Å². The zero-order chi connectivity index (χ0) is 11.1. The van der Waals surface area contributed by atoms with E-state index >= 15 is 0 Å². The quantitative estimate of drug-likeness (QED) is 0.729. The summed E-state index contributed by atoms with van der Waals surface area (Å²) in [5.74, 6) is -0.653. The SMILES string of the molecule is CC(Br)C1(Cc2cc(F)ccc2F)CC1. The molecule has 3 heteroatoms. The number of rotatable bonds is 3. The van der Waals surface area contributed by atoms with Gasteiger partial charge in [0.05, 0.1) is 0 Å². The second kappa shape index (κ2) is 3.85. The Morgan fingerprint density at radius 1 is 1.40 bits per heavy atom. The third-order valence-corrected chi connectivity index (χ3v) is 4.26. The summed E-state index contributed by atoms with van der Waals surface area (Å²) < 4.78 is 26.4. The van der Waals surface area contributed by atoms with Crippen LogP contribution in [0.2, 0.25) is 0 Å². The van der Waals surface area contributed by atoms with Gasteiger partial charge < -0.3 is 0 Å². The fraction of sp³-hybridized carbons (Fsp3) is 0.500. The van der Waals surface area contributed by atoms with Gasteiger partial charge in [0.15, 0.2) is 0 Å². The molecule has 0 spiro atoms. The maximum Gasteiger partial charge on any atom is 0.126 e. The predicted molar refractivity (Wildman–Crippen MR) is 60.1 cm³/mol. The minimum absolute atomic E-state index is 0.147. The van der Waals surface area contributed by atoms with Crippen LogP contribution in [0.4, 0.5) is 8.78 Å². The fourth-order valence-corrected chi connectivity index (χ4v) is 2.55. The minimum Gasteiger partial charge on any atom is -0.207 e. The number of alkyl halides is 1. The molecule has 0 aromatic heterocycles. The van der Waals surface area contributed by atoms with E-state index in [0.29, 0.717) is 16.8 Å². The first-order chi connectivity index (χ1) is 7.03. The van der Waals surface area contributed by atoms with Crippen LogP contribution in [0.25, 0.3) is 0 Å². The van der Waals surface area contributed by atoms with Gasteiger partial charge in [-0.05, 0) is 48.4 Å². The zero-order valence-corrected chi connectivity index (χ0v) is 10.2. The van der Waals surface area contributed by atoms with Crippen molar-refractivity contribution in [1.29, 1.82) is 0 Å². The van der Waals surface area contributed by atoms with Crippen LogP contribution >= 0.6 is 15.9 Å². The highest BCUT2D eigenvalue weighted by molar-refractivity contribution is 9.09. The van der Waals surface area contributed by atoms with Gasteiger partial charge in [-0.3, -0.25) is 0 Å². The molecule has 1 saturated carbocycles. The van der Waals surface area contributed by atoms with Gasteiger partial charge in [-0.1, -0.05) is 22.9 Å². The van der Waals surface area contributed by atoms with Crippen molar-refractivity contribution in [3.05, 3.63) is 35.4 Å². The molecule has 1 unspecified atom stereocenters. The van der Waals surface area contributed by atoms with Crippen LogP contribution in [0.3, 0.4) is 0 Å². The van der Waals surface area contributed by atoms with Gasteiger partial charge >= 0.3 is 0 Å². The molecule has 1 aromatic carbocycles. The van der Waals surface area contributed by atoms with Crippen LogP contribution in [0.5, 0.6) is 0 Å². The Balaban J connectivity index is 2.21. The third-order valence-electron chi connectivity index (χ3n) is 3.29. The number of hydrogen-bond acceptors (Lipinski definition) is 0. The van der Waals surface area contributed by atoms with Gasteiger partial charge in [0.2, 0.25) is 0 Å². The molecule has 0 aliphatic heterocycles. The van der Waals surface area contributed by atoms with E-state index in [-0.39, 0.29) is 17.0 Å². The average molecular weight is 275 g/mol. The van der Waals surface area contributed by atoms with Crippen LogP contribution in [-0.4, -0.2) is 4.83 Å². The lowest BCUT2D eigenvalue weighted by molar-refractivity contribution is 0.486. The molecule has 1 aromatic rings.